The predicted octanol–water partition coefficient (Wildman–Crippen LogP) is 0.215. The van der Waals surface area contributed by atoms with Gasteiger partial charge in [-0.15, -0.1) is 0 Å². The monoisotopic (exact) mass is 129 g/mol. The third-order valence-electron chi connectivity index (χ3n) is 1.08. The van der Waals surface area contributed by atoms with Crippen LogP contribution in [0.15, 0.2) is 11.9 Å². The van der Waals surface area contributed by atoms with E-state index in [4.69, 9.17) is 5.84 Å². The lowest BCUT2D eigenvalue weighted by Gasteiger charge is -2.23. The van der Waals surface area contributed by atoms with E-state index in [0.29, 0.717) is 0 Å². The molecular formula is C6H15N3. The molecule has 0 saturated carbocycles. The van der Waals surface area contributed by atoms with Crippen molar-refractivity contribution in [1.82, 2.24) is 9.91 Å². The van der Waals surface area contributed by atoms with Crippen molar-refractivity contribution < 1.29 is 0 Å². The number of nitrogens with zero attached hydrogens (tertiary/aromatic N) is 2. The molecular weight excluding hydrogens is 114 g/mol. The Hall–Kier alpha value is -0.700. The molecule has 0 aromatic carbocycles. The Labute approximate surface area is 56.7 Å². The minimum absolute atomic E-state index is 1.01. The lowest BCUT2D eigenvalue weighted by molar-refractivity contribution is 0.307. The first-order valence-corrected chi connectivity index (χ1v) is 2.91. The van der Waals surface area contributed by atoms with E-state index >= 15 is 0 Å². The maximum atomic E-state index is 5.47. The van der Waals surface area contributed by atoms with Crippen molar-refractivity contribution in [2.24, 2.45) is 5.84 Å². The molecule has 3 heteroatoms. The third kappa shape index (κ3) is 2.37. The van der Waals surface area contributed by atoms with Crippen LogP contribution in [0.1, 0.15) is 6.92 Å². The van der Waals surface area contributed by atoms with Crippen LogP contribution in [0.3, 0.4) is 0 Å². The smallest absolute Gasteiger partial charge is 0.113 e. The average molecular weight is 129 g/mol. The van der Waals surface area contributed by atoms with Crippen LogP contribution in [0.25, 0.3) is 0 Å². The zero-order valence-corrected chi connectivity index (χ0v) is 6.55. The average Bonchev–Trinajstić information content (AvgIpc) is 1.64. The van der Waals surface area contributed by atoms with Crippen LogP contribution in [-0.4, -0.2) is 31.1 Å². The first-order chi connectivity index (χ1) is 4.09. The van der Waals surface area contributed by atoms with E-state index in [1.165, 1.54) is 0 Å². The molecule has 0 atom stereocenters. The lowest BCUT2D eigenvalue weighted by atomic mass is 10.5. The van der Waals surface area contributed by atoms with Crippen molar-refractivity contribution in [2.45, 2.75) is 6.92 Å². The zero-order chi connectivity index (χ0) is 7.44. The summed E-state index contributed by atoms with van der Waals surface area (Å²) in [6, 6.07) is 0. The molecule has 0 aliphatic carbocycles. The SMILES string of the molecule is C/C=C(/N(C)C)N(C)N. The van der Waals surface area contributed by atoms with E-state index in [1.807, 2.05) is 39.0 Å². The van der Waals surface area contributed by atoms with Gasteiger partial charge in [0.05, 0.1) is 0 Å². The maximum absolute atomic E-state index is 5.47. The Morgan fingerprint density at radius 1 is 1.33 bits per heavy atom. The van der Waals surface area contributed by atoms with Crippen molar-refractivity contribution in [2.75, 3.05) is 21.1 Å². The summed E-state index contributed by atoms with van der Waals surface area (Å²) in [5.41, 5.74) is 0. The van der Waals surface area contributed by atoms with E-state index in [2.05, 4.69) is 0 Å². The largest absolute Gasteiger partial charge is 0.364 e. The quantitative estimate of drug-likeness (QED) is 0.427. The van der Waals surface area contributed by atoms with E-state index in [9.17, 15) is 0 Å². The van der Waals surface area contributed by atoms with Crippen molar-refractivity contribution in [3.63, 3.8) is 0 Å². The van der Waals surface area contributed by atoms with Crippen molar-refractivity contribution in [3.05, 3.63) is 11.9 Å². The highest BCUT2D eigenvalue weighted by atomic mass is 15.5. The highest BCUT2D eigenvalue weighted by Crippen LogP contribution is 1.97. The molecule has 0 saturated heterocycles. The summed E-state index contributed by atoms with van der Waals surface area (Å²) < 4.78 is 0. The summed E-state index contributed by atoms with van der Waals surface area (Å²) >= 11 is 0. The molecule has 0 amide bonds. The van der Waals surface area contributed by atoms with Crippen LogP contribution in [0.2, 0.25) is 0 Å². The molecule has 3 nitrogen and oxygen atoms in total. The van der Waals surface area contributed by atoms with E-state index in [1.54, 1.807) is 5.01 Å². The van der Waals surface area contributed by atoms with Crippen LogP contribution >= 0.6 is 0 Å². The number of allylic oxidation sites excluding steroid dienone is 1. The molecule has 0 unspecified atom stereocenters. The molecule has 0 fully saturated rings. The van der Waals surface area contributed by atoms with Gasteiger partial charge in [0, 0.05) is 21.1 Å². The van der Waals surface area contributed by atoms with Crippen molar-refractivity contribution >= 4 is 0 Å². The molecule has 0 heterocycles. The van der Waals surface area contributed by atoms with Gasteiger partial charge < -0.3 is 4.90 Å². The molecule has 0 spiro atoms. The summed E-state index contributed by atoms with van der Waals surface area (Å²) in [6.07, 6.45) is 1.96. The second kappa shape index (κ2) is 3.35. The van der Waals surface area contributed by atoms with Gasteiger partial charge in [-0.1, -0.05) is 0 Å². The van der Waals surface area contributed by atoms with Crippen molar-refractivity contribution in [1.29, 1.82) is 0 Å². The van der Waals surface area contributed by atoms with Gasteiger partial charge in [-0.3, -0.25) is 5.01 Å². The fourth-order valence-corrected chi connectivity index (χ4v) is 0.777. The molecule has 0 rings (SSSR count). The van der Waals surface area contributed by atoms with Crippen LogP contribution in [0, 0.1) is 0 Å². The number of nitrogens with two attached hydrogens (primary N) is 1. The molecule has 54 valence electrons. The standard InChI is InChI=1S/C6H15N3/c1-5-6(8(2)3)9(4)7/h5H,7H2,1-4H3/b6-5-. The van der Waals surface area contributed by atoms with Crippen LogP contribution < -0.4 is 5.84 Å². The predicted molar refractivity (Wildman–Crippen MR) is 39.4 cm³/mol. The molecule has 0 aromatic heterocycles. The normalized spacial score (nSPS) is 11.4. The number of hydrazine groups is 1. The lowest BCUT2D eigenvalue weighted by Crippen LogP contribution is -2.32. The Bertz CT molecular complexity index is 94.9. The maximum Gasteiger partial charge on any atom is 0.113 e. The number of hydrogen-bond acceptors (Lipinski definition) is 3. The summed E-state index contributed by atoms with van der Waals surface area (Å²) in [6.45, 7) is 1.96. The highest BCUT2D eigenvalue weighted by Gasteiger charge is 1.97. The summed E-state index contributed by atoms with van der Waals surface area (Å²) in [5, 5.41) is 1.58. The van der Waals surface area contributed by atoms with Crippen molar-refractivity contribution in [3.8, 4) is 0 Å². The minimum atomic E-state index is 1.01. The Morgan fingerprint density at radius 3 is 1.78 bits per heavy atom. The van der Waals surface area contributed by atoms with E-state index in [0.717, 1.165) is 5.82 Å². The van der Waals surface area contributed by atoms with E-state index < -0.39 is 0 Å². The molecule has 2 N–H and O–H groups in total. The molecule has 9 heavy (non-hydrogen) atoms. The van der Waals surface area contributed by atoms with Gasteiger partial charge in [-0.05, 0) is 13.0 Å². The van der Waals surface area contributed by atoms with Gasteiger partial charge in [0.15, 0.2) is 0 Å². The third-order valence-corrected chi connectivity index (χ3v) is 1.08. The molecule has 0 aliphatic rings. The van der Waals surface area contributed by atoms with Gasteiger partial charge in [-0.2, -0.15) is 0 Å². The first-order valence-electron chi connectivity index (χ1n) is 2.91. The summed E-state index contributed by atoms with van der Waals surface area (Å²) in [5.74, 6) is 6.48. The topological polar surface area (TPSA) is 32.5 Å². The van der Waals surface area contributed by atoms with E-state index in [-0.39, 0.29) is 0 Å². The van der Waals surface area contributed by atoms with Gasteiger partial charge in [-0.25, -0.2) is 5.84 Å². The second-order valence-electron chi connectivity index (χ2n) is 2.15. The summed E-state index contributed by atoms with van der Waals surface area (Å²) in [7, 11) is 5.73. The van der Waals surface area contributed by atoms with Gasteiger partial charge in [0.25, 0.3) is 0 Å². The molecule has 0 aliphatic heterocycles. The van der Waals surface area contributed by atoms with Gasteiger partial charge in [0.2, 0.25) is 0 Å². The molecule has 0 bridgehead atoms. The highest BCUT2D eigenvalue weighted by molar-refractivity contribution is 4.93. The fraction of sp³-hybridized carbons (Fsp3) is 0.667. The number of rotatable bonds is 2. The molecule has 0 aromatic rings. The van der Waals surface area contributed by atoms with Crippen LogP contribution in [-0.2, 0) is 0 Å². The minimum Gasteiger partial charge on any atom is -0.364 e. The zero-order valence-electron chi connectivity index (χ0n) is 6.55. The van der Waals surface area contributed by atoms with Crippen LogP contribution in [0.4, 0.5) is 0 Å². The fourth-order valence-electron chi connectivity index (χ4n) is 0.777. The Balaban J connectivity index is 4.01. The summed E-state index contributed by atoms with van der Waals surface area (Å²) in [4.78, 5) is 1.96. The molecule has 0 radical (unpaired) electrons. The van der Waals surface area contributed by atoms with Gasteiger partial charge in [0.1, 0.15) is 5.82 Å². The Kier molecular flexibility index (Phi) is 3.09. The van der Waals surface area contributed by atoms with Crippen LogP contribution in [0.5, 0.6) is 0 Å². The Morgan fingerprint density at radius 2 is 1.78 bits per heavy atom. The van der Waals surface area contributed by atoms with Gasteiger partial charge >= 0.3 is 0 Å². The first kappa shape index (κ1) is 8.30. The number of hydrogen-bond donors (Lipinski definition) is 1. The second-order valence-corrected chi connectivity index (χ2v) is 2.15.